The smallest absolute Gasteiger partial charge is 0.346 e. The molecule has 6 atom stereocenters. The van der Waals surface area contributed by atoms with E-state index >= 15 is 0 Å². The summed E-state index contributed by atoms with van der Waals surface area (Å²) in [4.78, 5) is 0. The Morgan fingerprint density at radius 3 is 0.760 bits per heavy atom. The summed E-state index contributed by atoms with van der Waals surface area (Å²) in [6, 6.07) is 0. The van der Waals surface area contributed by atoms with Crippen LogP contribution >= 0.6 is 0 Å². The van der Waals surface area contributed by atoms with Gasteiger partial charge in [0.2, 0.25) is 18.5 Å². The first-order valence-corrected chi connectivity index (χ1v) is 6.16. The normalized spacial score (nSPS) is 51.1. The lowest BCUT2D eigenvalue weighted by Crippen LogP contribution is -2.43. The van der Waals surface area contributed by atoms with Gasteiger partial charge < -0.3 is 14.0 Å². The van der Waals surface area contributed by atoms with Crippen LogP contribution in [-0.2, 0) is 14.0 Å². The van der Waals surface area contributed by atoms with Crippen LogP contribution in [-0.4, -0.2) is 61.2 Å². The van der Waals surface area contributed by atoms with Gasteiger partial charge in [-0.15, -0.1) is 0 Å². The first kappa shape index (κ1) is 18.9. The van der Waals surface area contributed by atoms with E-state index in [0.717, 1.165) is 0 Å². The van der Waals surface area contributed by atoms with Gasteiger partial charge in [-0.2, -0.15) is 26.3 Å². The second-order valence-electron chi connectivity index (χ2n) is 5.53. The minimum Gasteiger partial charge on any atom is -0.346 e. The molecule has 3 unspecified atom stereocenters. The maximum atomic E-state index is 13.4. The number of alkyl halides is 12. The molecule has 0 aromatic rings. The van der Waals surface area contributed by atoms with Crippen molar-refractivity contribution in [3.8, 4) is 0 Å². The van der Waals surface area contributed by atoms with Crippen molar-refractivity contribution in [2.24, 2.45) is 0 Å². The quantitative estimate of drug-likeness (QED) is 0.509. The van der Waals surface area contributed by atoms with Crippen molar-refractivity contribution in [2.75, 3.05) is 0 Å². The highest BCUT2D eigenvalue weighted by Gasteiger charge is 2.93. The van der Waals surface area contributed by atoms with Gasteiger partial charge in [-0.25, -0.2) is 26.3 Å². The van der Waals surface area contributed by atoms with Crippen molar-refractivity contribution < 1.29 is 66.6 Å². The molecule has 0 N–H and O–H groups in total. The van der Waals surface area contributed by atoms with Crippen molar-refractivity contribution in [3.63, 3.8) is 0 Å². The monoisotopic (exact) mass is 398 g/mol. The number of hydrogen-bond donors (Lipinski definition) is 0. The molecule has 25 heavy (non-hydrogen) atoms. The molecule has 3 nitrogen and oxygen atoms in total. The van der Waals surface area contributed by atoms with Gasteiger partial charge in [-0.1, -0.05) is 0 Å². The van der Waals surface area contributed by atoms with E-state index in [2.05, 4.69) is 14.0 Å². The number of hydrogen-bond acceptors (Lipinski definition) is 3. The Morgan fingerprint density at radius 2 is 0.640 bits per heavy atom. The van der Waals surface area contributed by atoms with Gasteiger partial charge in [0.05, 0.1) is 0 Å². The molecule has 0 heterocycles. The highest BCUT2D eigenvalue weighted by Crippen LogP contribution is 2.64. The molecular weight excluding hydrogens is 395 g/mol. The van der Waals surface area contributed by atoms with E-state index in [1.807, 2.05) is 0 Å². The molecule has 0 amide bonds. The van der Waals surface area contributed by atoms with Gasteiger partial charge in [0.1, 0.15) is 0 Å². The summed E-state index contributed by atoms with van der Waals surface area (Å²) in [6.07, 6.45) is -11.5. The van der Waals surface area contributed by atoms with Crippen LogP contribution in [0.4, 0.5) is 52.7 Å². The molecular formula is C9H3BF12O3. The second-order valence-corrected chi connectivity index (χ2v) is 5.53. The summed E-state index contributed by atoms with van der Waals surface area (Å²) in [6.45, 7) is 0. The standard InChI is InChI=1S/C9H3BF12O3/c11-1-4(14,15)7(1,20)23-10(24-8(21)2(12)5(8,16)17)25-9(22)3(13)6(9,18)19/h1-3H/t1?,2?,3?,7-,8-,9-/m0/s1. The third-order valence-electron chi connectivity index (χ3n) is 3.85. The summed E-state index contributed by atoms with van der Waals surface area (Å²) in [7, 11) is -3.90. The first-order valence-electron chi connectivity index (χ1n) is 6.16. The largest absolute Gasteiger partial charge is 0.647 e. The molecule has 0 radical (unpaired) electrons. The minimum absolute atomic E-state index is 3.28. The zero-order chi connectivity index (χ0) is 19.4. The third-order valence-corrected chi connectivity index (χ3v) is 3.85. The van der Waals surface area contributed by atoms with Crippen LogP contribution < -0.4 is 0 Å². The number of rotatable bonds is 6. The van der Waals surface area contributed by atoms with Gasteiger partial charge in [0.25, 0.3) is 0 Å². The van der Waals surface area contributed by atoms with E-state index in [1.54, 1.807) is 0 Å². The first-order chi connectivity index (χ1) is 11.0. The number of halogens is 12. The molecule has 3 aliphatic rings. The van der Waals surface area contributed by atoms with Crippen LogP contribution in [0.3, 0.4) is 0 Å². The molecule has 3 saturated carbocycles. The van der Waals surface area contributed by atoms with E-state index in [4.69, 9.17) is 0 Å². The zero-order valence-electron chi connectivity index (χ0n) is 11.1. The highest BCUT2D eigenvalue weighted by atomic mass is 19.3. The van der Waals surface area contributed by atoms with Crippen molar-refractivity contribution in [1.29, 1.82) is 0 Å². The Balaban J connectivity index is 1.79. The van der Waals surface area contributed by atoms with Crippen molar-refractivity contribution in [2.45, 2.75) is 53.8 Å². The van der Waals surface area contributed by atoms with Crippen molar-refractivity contribution in [1.82, 2.24) is 0 Å². The van der Waals surface area contributed by atoms with E-state index in [9.17, 15) is 52.7 Å². The zero-order valence-corrected chi connectivity index (χ0v) is 11.1. The average Bonchev–Trinajstić information content (AvgIpc) is 3.17. The SMILES string of the molecule is FC1C(F)(F)[C@@]1(F)OB(O[C@@]1(F)C(F)C1(F)F)O[C@@]1(F)C(F)C1(F)F. The van der Waals surface area contributed by atoms with Gasteiger partial charge in [0, 0.05) is 0 Å². The molecule has 0 spiro atoms. The lowest BCUT2D eigenvalue weighted by Gasteiger charge is -2.20. The van der Waals surface area contributed by atoms with E-state index < -0.39 is 61.2 Å². The van der Waals surface area contributed by atoms with E-state index in [-0.39, 0.29) is 0 Å². The van der Waals surface area contributed by atoms with Crippen molar-refractivity contribution >= 4 is 7.32 Å². The van der Waals surface area contributed by atoms with Crippen LogP contribution in [0.2, 0.25) is 0 Å². The lowest BCUT2D eigenvalue weighted by atomic mass is 10.2. The Hall–Kier alpha value is -0.895. The van der Waals surface area contributed by atoms with Gasteiger partial charge >= 0.3 is 42.7 Å². The average molecular weight is 398 g/mol. The molecule has 3 aliphatic carbocycles. The Labute approximate surface area is 129 Å². The summed E-state index contributed by atoms with van der Waals surface area (Å²) in [5.41, 5.74) is 0. The molecule has 0 aromatic heterocycles. The maximum absolute atomic E-state index is 13.4. The van der Waals surface area contributed by atoms with E-state index in [1.165, 1.54) is 0 Å². The molecule has 3 fully saturated rings. The highest BCUT2D eigenvalue weighted by molar-refractivity contribution is 6.37. The molecule has 0 aliphatic heterocycles. The molecule has 0 aromatic carbocycles. The predicted octanol–water partition coefficient (Wildman–Crippen LogP) is 2.98. The van der Waals surface area contributed by atoms with Crippen LogP contribution in [0.1, 0.15) is 0 Å². The maximum Gasteiger partial charge on any atom is 0.647 e. The fourth-order valence-corrected chi connectivity index (χ4v) is 1.85. The molecule has 16 heteroatoms. The topological polar surface area (TPSA) is 27.7 Å². The fourth-order valence-electron chi connectivity index (χ4n) is 1.85. The summed E-state index contributed by atoms with van der Waals surface area (Å²) in [5.74, 6) is -29.3. The summed E-state index contributed by atoms with van der Waals surface area (Å²) < 4.78 is 164. The minimum atomic E-state index is -4.99. The third kappa shape index (κ3) is 2.04. The van der Waals surface area contributed by atoms with Gasteiger partial charge in [-0.05, 0) is 0 Å². The lowest BCUT2D eigenvalue weighted by molar-refractivity contribution is -0.172. The van der Waals surface area contributed by atoms with Gasteiger partial charge in [0.15, 0.2) is 0 Å². The van der Waals surface area contributed by atoms with Crippen molar-refractivity contribution in [3.05, 3.63) is 0 Å². The predicted molar refractivity (Wildman–Crippen MR) is 50.1 cm³/mol. The Morgan fingerprint density at radius 1 is 0.480 bits per heavy atom. The van der Waals surface area contributed by atoms with Crippen LogP contribution in [0.5, 0.6) is 0 Å². The molecule has 0 bridgehead atoms. The molecule has 0 saturated heterocycles. The molecule has 144 valence electrons. The Bertz CT molecular complexity index is 526. The van der Waals surface area contributed by atoms with Crippen LogP contribution in [0, 0.1) is 0 Å². The van der Waals surface area contributed by atoms with E-state index in [0.29, 0.717) is 0 Å². The summed E-state index contributed by atoms with van der Waals surface area (Å²) in [5, 5.41) is 0. The second kappa shape index (κ2) is 4.50. The van der Waals surface area contributed by atoms with Crippen LogP contribution in [0.25, 0.3) is 0 Å². The van der Waals surface area contributed by atoms with Gasteiger partial charge in [-0.3, -0.25) is 0 Å². The molecule has 3 rings (SSSR count). The summed E-state index contributed by atoms with van der Waals surface area (Å²) >= 11 is 0. The Kier molecular flexibility index (Phi) is 3.40. The fraction of sp³-hybridized carbons (Fsp3) is 1.00. The van der Waals surface area contributed by atoms with Crippen LogP contribution in [0.15, 0.2) is 0 Å².